The van der Waals surface area contributed by atoms with E-state index in [0.29, 0.717) is 17.7 Å². The van der Waals surface area contributed by atoms with Crippen LogP contribution in [0.25, 0.3) is 0 Å². The number of phenols is 1. The van der Waals surface area contributed by atoms with Gasteiger partial charge in [-0.25, -0.2) is 0 Å². The molecule has 2 N–H and O–H groups in total. The number of rotatable bonds is 7. The first-order valence-electron chi connectivity index (χ1n) is 9.83. The summed E-state index contributed by atoms with van der Waals surface area (Å²) in [4.78, 5) is 2.41. The molecule has 1 saturated carbocycles. The van der Waals surface area contributed by atoms with Crippen LogP contribution in [0.2, 0.25) is 0 Å². The van der Waals surface area contributed by atoms with Crippen molar-refractivity contribution in [1.82, 2.24) is 4.90 Å². The zero-order valence-electron chi connectivity index (χ0n) is 15.7. The number of phenolic OH excluding ortho intramolecular Hbond substituents is 1. The van der Waals surface area contributed by atoms with Crippen LogP contribution in [0.1, 0.15) is 49.1 Å². The first-order valence-corrected chi connectivity index (χ1v) is 9.83. The lowest BCUT2D eigenvalue weighted by atomic mass is 9.81. The quantitative estimate of drug-likeness (QED) is 0.778. The molecule has 0 aromatic heterocycles. The molecule has 3 rings (SSSR count). The lowest BCUT2D eigenvalue weighted by molar-refractivity contribution is 0.0813. The van der Waals surface area contributed by atoms with Gasteiger partial charge in [-0.2, -0.15) is 0 Å². The van der Waals surface area contributed by atoms with Crippen LogP contribution in [0, 0.1) is 0 Å². The van der Waals surface area contributed by atoms with Crippen molar-refractivity contribution in [1.29, 1.82) is 0 Å². The zero-order valence-corrected chi connectivity index (χ0v) is 15.7. The zero-order chi connectivity index (χ0) is 18.4. The lowest BCUT2D eigenvalue weighted by Crippen LogP contribution is -2.44. The minimum atomic E-state index is 0.223. The number of benzene rings is 2. The van der Waals surface area contributed by atoms with E-state index >= 15 is 0 Å². The van der Waals surface area contributed by atoms with Gasteiger partial charge in [0.1, 0.15) is 5.75 Å². The van der Waals surface area contributed by atoms with Gasteiger partial charge in [0.25, 0.3) is 0 Å². The SMILES string of the molecule is CN(C(CO)CCc1ccccc1)[C@H]1CC[C@H](c2ccc(O)cc2)CC1. The molecule has 1 aliphatic rings. The molecule has 1 unspecified atom stereocenters. The summed E-state index contributed by atoms with van der Waals surface area (Å²) in [6.45, 7) is 0.223. The standard InChI is InChI=1S/C23H31NO2/c1-24(22(17-25)12-7-18-5-3-2-4-6-18)21-13-8-19(9-14-21)20-10-15-23(26)16-11-20/h2-6,10-11,15-16,19,21-22,25-26H,7-9,12-14,17H2,1H3/t19-,21-,22?. The van der Waals surface area contributed by atoms with Gasteiger partial charge in [0, 0.05) is 12.1 Å². The van der Waals surface area contributed by atoms with Crippen molar-refractivity contribution >= 4 is 0 Å². The maximum absolute atomic E-state index is 9.90. The van der Waals surface area contributed by atoms with E-state index in [1.165, 1.54) is 36.8 Å². The van der Waals surface area contributed by atoms with Gasteiger partial charge in [-0.1, -0.05) is 42.5 Å². The summed E-state index contributed by atoms with van der Waals surface area (Å²) in [7, 11) is 2.18. The first kappa shape index (κ1) is 18.9. The Bertz CT molecular complexity index is 648. The number of hydrogen-bond donors (Lipinski definition) is 2. The molecule has 140 valence electrons. The second kappa shape index (κ2) is 9.20. The summed E-state index contributed by atoms with van der Waals surface area (Å²) in [5.41, 5.74) is 2.68. The smallest absolute Gasteiger partial charge is 0.115 e. The third-order valence-electron chi connectivity index (χ3n) is 6.03. The molecule has 0 aliphatic heterocycles. The van der Waals surface area contributed by atoms with Gasteiger partial charge in [-0.05, 0) is 74.8 Å². The predicted octanol–water partition coefficient (Wildman–Crippen LogP) is 4.34. The monoisotopic (exact) mass is 353 g/mol. The molecule has 2 aromatic carbocycles. The summed E-state index contributed by atoms with van der Waals surface area (Å²) < 4.78 is 0. The number of hydrogen-bond acceptors (Lipinski definition) is 3. The van der Waals surface area contributed by atoms with Crippen LogP contribution in [-0.4, -0.2) is 40.9 Å². The van der Waals surface area contributed by atoms with Gasteiger partial charge in [0.15, 0.2) is 0 Å². The van der Waals surface area contributed by atoms with E-state index in [0.717, 1.165) is 12.8 Å². The van der Waals surface area contributed by atoms with Crippen molar-refractivity contribution in [2.24, 2.45) is 0 Å². The summed E-state index contributed by atoms with van der Waals surface area (Å²) in [5, 5.41) is 19.4. The average Bonchev–Trinajstić information content (AvgIpc) is 2.70. The largest absolute Gasteiger partial charge is 0.508 e. The van der Waals surface area contributed by atoms with Crippen LogP contribution < -0.4 is 0 Å². The van der Waals surface area contributed by atoms with E-state index in [1.807, 2.05) is 6.07 Å². The van der Waals surface area contributed by atoms with Crippen LogP contribution >= 0.6 is 0 Å². The Hall–Kier alpha value is -1.84. The van der Waals surface area contributed by atoms with Crippen LogP contribution in [0.4, 0.5) is 0 Å². The highest BCUT2D eigenvalue weighted by Gasteiger charge is 2.28. The maximum Gasteiger partial charge on any atom is 0.115 e. The molecule has 2 aromatic rings. The van der Waals surface area contributed by atoms with Crippen molar-refractivity contribution in [3.63, 3.8) is 0 Å². The summed E-state index contributed by atoms with van der Waals surface area (Å²) in [6, 6.07) is 19.0. The highest BCUT2D eigenvalue weighted by atomic mass is 16.3. The molecule has 3 nitrogen and oxygen atoms in total. The van der Waals surface area contributed by atoms with E-state index in [4.69, 9.17) is 0 Å². The van der Waals surface area contributed by atoms with Crippen LogP contribution in [0.15, 0.2) is 54.6 Å². The summed E-state index contributed by atoms with van der Waals surface area (Å²) in [5.74, 6) is 0.934. The molecule has 0 bridgehead atoms. The maximum atomic E-state index is 9.90. The molecule has 0 heterocycles. The molecule has 1 aliphatic carbocycles. The normalized spacial score (nSPS) is 21.7. The minimum absolute atomic E-state index is 0.223. The Morgan fingerprint density at radius 1 is 0.962 bits per heavy atom. The van der Waals surface area contributed by atoms with Crippen LogP contribution in [0.3, 0.4) is 0 Å². The lowest BCUT2D eigenvalue weighted by Gasteiger charge is -2.39. The molecule has 0 spiro atoms. The van der Waals surface area contributed by atoms with Gasteiger partial charge in [0.05, 0.1) is 6.61 Å². The molecule has 0 radical (unpaired) electrons. The fraction of sp³-hybridized carbons (Fsp3) is 0.478. The van der Waals surface area contributed by atoms with E-state index in [-0.39, 0.29) is 12.6 Å². The third kappa shape index (κ3) is 4.87. The molecular weight excluding hydrogens is 322 g/mol. The van der Waals surface area contributed by atoms with Crippen molar-refractivity contribution in [3.8, 4) is 5.75 Å². The van der Waals surface area contributed by atoms with E-state index in [1.54, 1.807) is 12.1 Å². The highest BCUT2D eigenvalue weighted by molar-refractivity contribution is 5.28. The van der Waals surface area contributed by atoms with E-state index in [2.05, 4.69) is 48.3 Å². The summed E-state index contributed by atoms with van der Waals surface area (Å²) >= 11 is 0. The molecule has 0 saturated heterocycles. The number of aliphatic hydroxyl groups is 1. The number of aromatic hydroxyl groups is 1. The molecule has 1 atom stereocenters. The Labute approximate surface area is 157 Å². The fourth-order valence-electron chi connectivity index (χ4n) is 4.26. The van der Waals surface area contributed by atoms with Gasteiger partial charge in [0.2, 0.25) is 0 Å². The Morgan fingerprint density at radius 2 is 1.62 bits per heavy atom. The topological polar surface area (TPSA) is 43.7 Å². The number of likely N-dealkylation sites (N-methyl/N-ethyl adjacent to an activating group) is 1. The van der Waals surface area contributed by atoms with E-state index in [9.17, 15) is 10.2 Å². The van der Waals surface area contributed by atoms with Gasteiger partial charge in [-0.15, -0.1) is 0 Å². The predicted molar refractivity (Wildman–Crippen MR) is 107 cm³/mol. The molecule has 1 fully saturated rings. The first-order chi connectivity index (χ1) is 12.7. The second-order valence-electron chi connectivity index (χ2n) is 7.62. The van der Waals surface area contributed by atoms with E-state index < -0.39 is 0 Å². The van der Waals surface area contributed by atoms with Crippen LogP contribution in [-0.2, 0) is 6.42 Å². The molecule has 0 amide bonds. The Kier molecular flexibility index (Phi) is 6.70. The minimum Gasteiger partial charge on any atom is -0.508 e. The van der Waals surface area contributed by atoms with Crippen molar-refractivity contribution in [2.45, 2.75) is 56.5 Å². The average molecular weight is 354 g/mol. The highest BCUT2D eigenvalue weighted by Crippen LogP contribution is 2.35. The number of aliphatic hydroxyl groups excluding tert-OH is 1. The van der Waals surface area contributed by atoms with Gasteiger partial charge in [-0.3, -0.25) is 4.90 Å². The van der Waals surface area contributed by atoms with Gasteiger partial charge < -0.3 is 10.2 Å². The van der Waals surface area contributed by atoms with Crippen molar-refractivity contribution in [2.75, 3.05) is 13.7 Å². The number of nitrogens with zero attached hydrogens (tertiary/aromatic N) is 1. The molecule has 3 heteroatoms. The van der Waals surface area contributed by atoms with Crippen molar-refractivity contribution in [3.05, 3.63) is 65.7 Å². The fourth-order valence-corrected chi connectivity index (χ4v) is 4.26. The molecular formula is C23H31NO2. The number of aryl methyl sites for hydroxylation is 1. The third-order valence-corrected chi connectivity index (χ3v) is 6.03. The Balaban J connectivity index is 1.51. The Morgan fingerprint density at radius 3 is 2.23 bits per heavy atom. The van der Waals surface area contributed by atoms with Crippen molar-refractivity contribution < 1.29 is 10.2 Å². The second-order valence-corrected chi connectivity index (χ2v) is 7.62. The van der Waals surface area contributed by atoms with Gasteiger partial charge >= 0.3 is 0 Å². The molecule has 26 heavy (non-hydrogen) atoms. The summed E-state index contributed by atoms with van der Waals surface area (Å²) in [6.07, 6.45) is 6.70. The van der Waals surface area contributed by atoms with Crippen LogP contribution in [0.5, 0.6) is 5.75 Å².